The minimum atomic E-state index is -0.555. The molecule has 2 unspecified atom stereocenters. The highest BCUT2D eigenvalue weighted by Crippen LogP contribution is 2.12. The summed E-state index contributed by atoms with van der Waals surface area (Å²) >= 11 is 0. The first-order valence-corrected chi connectivity index (χ1v) is 7.21. The Balaban J connectivity index is 1.64. The third-order valence-corrected chi connectivity index (χ3v) is 3.44. The van der Waals surface area contributed by atoms with E-state index < -0.39 is 6.10 Å². The van der Waals surface area contributed by atoms with Gasteiger partial charge in [-0.3, -0.25) is 4.79 Å². The molecule has 1 saturated heterocycles. The fraction of sp³-hybridized carbons (Fsp3) is 0.400. The lowest BCUT2D eigenvalue weighted by Gasteiger charge is -2.23. The molecule has 116 valence electrons. The van der Waals surface area contributed by atoms with Crippen LogP contribution in [0, 0.1) is 0 Å². The Hall–Kier alpha value is -2.25. The van der Waals surface area contributed by atoms with Crippen LogP contribution in [0.15, 0.2) is 36.5 Å². The van der Waals surface area contributed by atoms with E-state index >= 15 is 0 Å². The van der Waals surface area contributed by atoms with Crippen molar-refractivity contribution in [2.75, 3.05) is 19.8 Å². The minimum absolute atomic E-state index is 0.193. The molecule has 1 aliphatic rings. The highest BCUT2D eigenvalue weighted by atomic mass is 16.6. The van der Waals surface area contributed by atoms with E-state index in [9.17, 15) is 4.79 Å². The van der Waals surface area contributed by atoms with E-state index in [-0.39, 0.29) is 18.6 Å². The number of ether oxygens (including phenoxy) is 2. The number of carbonyl (C=O) groups is 1. The lowest BCUT2D eigenvalue weighted by Crippen LogP contribution is -2.43. The van der Waals surface area contributed by atoms with Crippen LogP contribution in [-0.4, -0.2) is 46.8 Å². The first-order chi connectivity index (χ1) is 10.7. The second kappa shape index (κ2) is 6.67. The summed E-state index contributed by atoms with van der Waals surface area (Å²) in [5, 5.41) is 11.1. The summed E-state index contributed by atoms with van der Waals surface area (Å²) in [6.45, 7) is 3.12. The maximum atomic E-state index is 12.1. The van der Waals surface area contributed by atoms with E-state index in [4.69, 9.17) is 9.47 Å². The van der Waals surface area contributed by atoms with Crippen LogP contribution in [0.4, 0.5) is 0 Å². The summed E-state index contributed by atoms with van der Waals surface area (Å²) in [5.74, 6) is -0.193. The summed E-state index contributed by atoms with van der Waals surface area (Å²) in [6.07, 6.45) is 1.25. The van der Waals surface area contributed by atoms with E-state index in [0.717, 1.165) is 5.69 Å². The Labute approximate surface area is 128 Å². The number of para-hydroxylation sites is 1. The third-order valence-electron chi connectivity index (χ3n) is 3.44. The summed E-state index contributed by atoms with van der Waals surface area (Å²) in [4.78, 5) is 12.1. The lowest BCUT2D eigenvalue weighted by molar-refractivity contribution is -0.148. The third kappa shape index (κ3) is 3.32. The van der Waals surface area contributed by atoms with Crippen molar-refractivity contribution < 1.29 is 14.3 Å². The molecule has 2 aromatic rings. The molecule has 0 aliphatic carbocycles. The van der Waals surface area contributed by atoms with E-state index in [1.165, 1.54) is 0 Å². The number of benzene rings is 1. The van der Waals surface area contributed by atoms with Gasteiger partial charge in [0.15, 0.2) is 6.10 Å². The van der Waals surface area contributed by atoms with E-state index in [1.54, 1.807) is 10.9 Å². The molecule has 0 spiro atoms. The predicted octanol–water partition coefficient (Wildman–Crippen LogP) is 0.860. The van der Waals surface area contributed by atoms with Crippen molar-refractivity contribution in [1.29, 1.82) is 0 Å². The molecule has 1 aliphatic heterocycles. The number of rotatable bonds is 4. The molecular weight excluding hydrogens is 284 g/mol. The van der Waals surface area contributed by atoms with Crippen LogP contribution < -0.4 is 5.32 Å². The Morgan fingerprint density at radius 2 is 2.18 bits per heavy atom. The van der Waals surface area contributed by atoms with Gasteiger partial charge in [0.05, 0.1) is 37.7 Å². The summed E-state index contributed by atoms with van der Waals surface area (Å²) in [7, 11) is 0. The summed E-state index contributed by atoms with van der Waals surface area (Å²) in [6, 6.07) is 9.43. The van der Waals surface area contributed by atoms with Crippen molar-refractivity contribution in [2.45, 2.75) is 19.1 Å². The molecule has 1 amide bonds. The number of nitrogens with one attached hydrogen (secondary N) is 1. The van der Waals surface area contributed by atoms with Crippen molar-refractivity contribution in [2.24, 2.45) is 0 Å². The Morgan fingerprint density at radius 1 is 1.36 bits per heavy atom. The highest BCUT2D eigenvalue weighted by molar-refractivity contribution is 5.81. The number of aromatic nitrogens is 3. The van der Waals surface area contributed by atoms with Gasteiger partial charge in [-0.05, 0) is 19.1 Å². The monoisotopic (exact) mass is 302 g/mol. The van der Waals surface area contributed by atoms with Gasteiger partial charge in [0.1, 0.15) is 5.69 Å². The predicted molar refractivity (Wildman–Crippen MR) is 78.5 cm³/mol. The molecule has 2 atom stereocenters. The minimum Gasteiger partial charge on any atom is -0.376 e. The number of carbonyl (C=O) groups excluding carboxylic acids is 1. The molecule has 0 radical (unpaired) electrons. The van der Waals surface area contributed by atoms with Crippen molar-refractivity contribution >= 4 is 5.91 Å². The molecule has 0 bridgehead atoms. The van der Waals surface area contributed by atoms with Crippen LogP contribution in [0.25, 0.3) is 5.69 Å². The SMILES string of the molecule is CC(NC(=O)C1COCCO1)c1cn(-c2ccccc2)nn1. The van der Waals surface area contributed by atoms with E-state index in [2.05, 4.69) is 15.6 Å². The fourth-order valence-electron chi connectivity index (χ4n) is 2.20. The zero-order valence-corrected chi connectivity index (χ0v) is 12.3. The van der Waals surface area contributed by atoms with Gasteiger partial charge in [0, 0.05) is 0 Å². The molecule has 1 fully saturated rings. The van der Waals surface area contributed by atoms with Crippen LogP contribution in [0.1, 0.15) is 18.7 Å². The maximum absolute atomic E-state index is 12.1. The van der Waals surface area contributed by atoms with Gasteiger partial charge in [-0.2, -0.15) is 0 Å². The molecule has 1 aromatic carbocycles. The van der Waals surface area contributed by atoms with Crippen LogP contribution in [0.5, 0.6) is 0 Å². The van der Waals surface area contributed by atoms with Gasteiger partial charge in [-0.15, -0.1) is 5.10 Å². The molecule has 22 heavy (non-hydrogen) atoms. The molecule has 2 heterocycles. The van der Waals surface area contributed by atoms with Crippen LogP contribution >= 0.6 is 0 Å². The number of hydrogen-bond acceptors (Lipinski definition) is 5. The van der Waals surface area contributed by atoms with Gasteiger partial charge in [-0.25, -0.2) is 4.68 Å². The lowest BCUT2D eigenvalue weighted by atomic mass is 10.2. The second-order valence-corrected chi connectivity index (χ2v) is 5.09. The molecule has 0 saturated carbocycles. The molecule has 7 heteroatoms. The molecule has 1 aromatic heterocycles. The van der Waals surface area contributed by atoms with Crippen LogP contribution in [-0.2, 0) is 14.3 Å². The standard InChI is InChI=1S/C15H18N4O3/c1-11(16-15(20)14-10-21-7-8-22-14)13-9-19(18-17-13)12-5-3-2-4-6-12/h2-6,9,11,14H,7-8,10H2,1H3,(H,16,20). The first-order valence-electron chi connectivity index (χ1n) is 7.21. The number of nitrogens with zero attached hydrogens (tertiary/aromatic N) is 3. The van der Waals surface area contributed by atoms with Crippen molar-refractivity contribution in [3.63, 3.8) is 0 Å². The van der Waals surface area contributed by atoms with Gasteiger partial charge >= 0.3 is 0 Å². The Kier molecular flexibility index (Phi) is 4.45. The van der Waals surface area contributed by atoms with Crippen LogP contribution in [0.3, 0.4) is 0 Å². The smallest absolute Gasteiger partial charge is 0.252 e. The van der Waals surface area contributed by atoms with Gasteiger partial charge in [0.25, 0.3) is 5.91 Å². The van der Waals surface area contributed by atoms with Gasteiger partial charge < -0.3 is 14.8 Å². The van der Waals surface area contributed by atoms with Crippen molar-refractivity contribution in [3.05, 3.63) is 42.2 Å². The summed E-state index contributed by atoms with van der Waals surface area (Å²) < 4.78 is 12.3. The quantitative estimate of drug-likeness (QED) is 0.906. The van der Waals surface area contributed by atoms with Crippen molar-refractivity contribution in [1.82, 2.24) is 20.3 Å². The number of amides is 1. The molecule has 3 rings (SSSR count). The van der Waals surface area contributed by atoms with Gasteiger partial charge in [-0.1, -0.05) is 23.4 Å². The average Bonchev–Trinajstić information content (AvgIpc) is 3.06. The van der Waals surface area contributed by atoms with Gasteiger partial charge in [0.2, 0.25) is 0 Å². The van der Waals surface area contributed by atoms with Crippen LogP contribution in [0.2, 0.25) is 0 Å². The molecule has 1 N–H and O–H groups in total. The van der Waals surface area contributed by atoms with Crippen molar-refractivity contribution in [3.8, 4) is 5.69 Å². The fourth-order valence-corrected chi connectivity index (χ4v) is 2.20. The zero-order valence-electron chi connectivity index (χ0n) is 12.3. The number of hydrogen-bond donors (Lipinski definition) is 1. The zero-order chi connectivity index (χ0) is 15.4. The van der Waals surface area contributed by atoms with E-state index in [0.29, 0.717) is 18.9 Å². The Bertz CT molecular complexity index is 623. The van der Waals surface area contributed by atoms with E-state index in [1.807, 2.05) is 37.3 Å². The highest BCUT2D eigenvalue weighted by Gasteiger charge is 2.24. The summed E-state index contributed by atoms with van der Waals surface area (Å²) in [5.41, 5.74) is 1.61. The first kappa shape index (κ1) is 14.7. The topological polar surface area (TPSA) is 78.3 Å². The Morgan fingerprint density at radius 3 is 2.91 bits per heavy atom. The average molecular weight is 302 g/mol. The molecular formula is C15H18N4O3. The largest absolute Gasteiger partial charge is 0.376 e. The maximum Gasteiger partial charge on any atom is 0.252 e. The normalized spacial score (nSPS) is 19.6. The molecule has 7 nitrogen and oxygen atoms in total. The second-order valence-electron chi connectivity index (χ2n) is 5.09.